The van der Waals surface area contributed by atoms with Crippen LogP contribution in [0.3, 0.4) is 0 Å². The SMILES string of the molecule is COc1ccc(/C(C#N)=C\c2cccc(OC(=O)c3ccc(C)cc3)c2)cc1OC. The summed E-state index contributed by atoms with van der Waals surface area (Å²) in [5.74, 6) is 1.09. The van der Waals surface area contributed by atoms with Crippen LogP contribution in [0.5, 0.6) is 17.2 Å². The molecular formula is C25H21NO4. The standard InChI is InChI=1S/C25H21NO4/c1-17-7-9-19(10-8-17)25(27)30-22-6-4-5-18(14-22)13-21(16-26)20-11-12-23(28-2)24(15-20)29-3/h4-15H,1-3H3/b21-13-. The highest BCUT2D eigenvalue weighted by atomic mass is 16.5. The Labute approximate surface area is 175 Å². The molecule has 150 valence electrons. The summed E-state index contributed by atoms with van der Waals surface area (Å²) in [5, 5.41) is 9.64. The summed E-state index contributed by atoms with van der Waals surface area (Å²) in [6, 6.07) is 21.7. The molecular weight excluding hydrogens is 378 g/mol. The Morgan fingerprint density at radius 2 is 1.60 bits per heavy atom. The van der Waals surface area contributed by atoms with Gasteiger partial charge in [-0.25, -0.2) is 4.79 Å². The average Bonchev–Trinajstić information content (AvgIpc) is 2.77. The lowest BCUT2D eigenvalue weighted by atomic mass is 10.0. The Morgan fingerprint density at radius 3 is 2.27 bits per heavy atom. The van der Waals surface area contributed by atoms with Crippen LogP contribution in [-0.4, -0.2) is 20.2 Å². The molecule has 0 aliphatic heterocycles. The van der Waals surface area contributed by atoms with Crippen LogP contribution in [0.4, 0.5) is 0 Å². The molecule has 0 saturated carbocycles. The summed E-state index contributed by atoms with van der Waals surface area (Å²) in [6.45, 7) is 1.95. The summed E-state index contributed by atoms with van der Waals surface area (Å²) >= 11 is 0. The fourth-order valence-electron chi connectivity index (χ4n) is 2.87. The molecule has 0 saturated heterocycles. The van der Waals surface area contributed by atoms with Crippen LogP contribution in [0.1, 0.15) is 27.0 Å². The molecule has 5 nitrogen and oxygen atoms in total. The second-order valence-corrected chi connectivity index (χ2v) is 6.57. The predicted molar refractivity (Wildman–Crippen MR) is 116 cm³/mol. The number of carbonyl (C=O) groups excluding carboxylic acids is 1. The highest BCUT2D eigenvalue weighted by Crippen LogP contribution is 2.31. The Kier molecular flexibility index (Phi) is 6.51. The predicted octanol–water partition coefficient (Wildman–Crippen LogP) is 5.30. The molecule has 0 spiro atoms. The number of aryl methyl sites for hydroxylation is 1. The van der Waals surface area contributed by atoms with Crippen LogP contribution in [0, 0.1) is 18.3 Å². The van der Waals surface area contributed by atoms with Gasteiger partial charge in [-0.15, -0.1) is 0 Å². The molecule has 0 bridgehead atoms. The van der Waals surface area contributed by atoms with E-state index in [2.05, 4.69) is 6.07 Å². The lowest BCUT2D eigenvalue weighted by Crippen LogP contribution is -2.08. The monoisotopic (exact) mass is 399 g/mol. The van der Waals surface area contributed by atoms with E-state index in [-0.39, 0.29) is 0 Å². The second kappa shape index (κ2) is 9.44. The zero-order valence-electron chi connectivity index (χ0n) is 17.0. The molecule has 0 aliphatic rings. The van der Waals surface area contributed by atoms with Gasteiger partial charge in [0.05, 0.1) is 31.4 Å². The van der Waals surface area contributed by atoms with E-state index in [1.165, 1.54) is 0 Å². The van der Waals surface area contributed by atoms with Crippen molar-refractivity contribution >= 4 is 17.6 Å². The van der Waals surface area contributed by atoms with Crippen molar-refractivity contribution in [2.45, 2.75) is 6.92 Å². The van der Waals surface area contributed by atoms with Crippen LogP contribution < -0.4 is 14.2 Å². The van der Waals surface area contributed by atoms with E-state index in [0.717, 1.165) is 11.1 Å². The van der Waals surface area contributed by atoms with E-state index in [9.17, 15) is 10.1 Å². The number of methoxy groups -OCH3 is 2. The summed E-state index contributed by atoms with van der Waals surface area (Å²) in [4.78, 5) is 12.4. The van der Waals surface area contributed by atoms with E-state index in [0.29, 0.717) is 33.9 Å². The fourth-order valence-corrected chi connectivity index (χ4v) is 2.87. The van der Waals surface area contributed by atoms with Gasteiger partial charge in [0.25, 0.3) is 0 Å². The molecule has 0 aliphatic carbocycles. The highest BCUT2D eigenvalue weighted by Gasteiger charge is 2.10. The topological polar surface area (TPSA) is 68.5 Å². The molecule has 3 rings (SSSR count). The number of hydrogen-bond acceptors (Lipinski definition) is 5. The lowest BCUT2D eigenvalue weighted by Gasteiger charge is -2.09. The minimum Gasteiger partial charge on any atom is -0.493 e. The van der Waals surface area contributed by atoms with Gasteiger partial charge in [0.1, 0.15) is 5.75 Å². The molecule has 5 heteroatoms. The van der Waals surface area contributed by atoms with Gasteiger partial charge in [-0.05, 0) is 66.6 Å². The zero-order valence-corrected chi connectivity index (χ0v) is 17.0. The maximum Gasteiger partial charge on any atom is 0.343 e. The Hall–Kier alpha value is -4.04. The summed E-state index contributed by atoms with van der Waals surface area (Å²) in [5.41, 5.74) is 3.41. The summed E-state index contributed by atoms with van der Waals surface area (Å²) in [7, 11) is 3.10. The molecule has 0 heterocycles. The molecule has 0 unspecified atom stereocenters. The summed E-state index contributed by atoms with van der Waals surface area (Å²) < 4.78 is 16.0. The van der Waals surface area contributed by atoms with Gasteiger partial charge in [-0.3, -0.25) is 0 Å². The second-order valence-electron chi connectivity index (χ2n) is 6.57. The van der Waals surface area contributed by atoms with Crippen LogP contribution in [0.25, 0.3) is 11.6 Å². The van der Waals surface area contributed by atoms with Gasteiger partial charge in [0, 0.05) is 0 Å². The van der Waals surface area contributed by atoms with Crippen molar-refractivity contribution < 1.29 is 19.0 Å². The van der Waals surface area contributed by atoms with Gasteiger partial charge in [-0.2, -0.15) is 5.26 Å². The number of rotatable bonds is 6. The first-order valence-electron chi connectivity index (χ1n) is 9.27. The third-order valence-corrected chi connectivity index (χ3v) is 4.48. The van der Waals surface area contributed by atoms with Crippen molar-refractivity contribution in [2.24, 2.45) is 0 Å². The minimum atomic E-state index is -0.434. The molecule has 0 fully saturated rings. The normalized spacial score (nSPS) is 10.8. The number of nitriles is 1. The van der Waals surface area contributed by atoms with Gasteiger partial charge < -0.3 is 14.2 Å². The van der Waals surface area contributed by atoms with E-state index in [4.69, 9.17) is 14.2 Å². The van der Waals surface area contributed by atoms with E-state index < -0.39 is 5.97 Å². The minimum absolute atomic E-state index is 0.402. The third kappa shape index (κ3) is 4.86. The van der Waals surface area contributed by atoms with Crippen molar-refractivity contribution in [2.75, 3.05) is 14.2 Å². The first-order valence-corrected chi connectivity index (χ1v) is 9.27. The smallest absolute Gasteiger partial charge is 0.343 e. The molecule has 0 N–H and O–H groups in total. The van der Waals surface area contributed by atoms with E-state index in [1.54, 1.807) is 68.8 Å². The molecule has 0 radical (unpaired) electrons. The van der Waals surface area contributed by atoms with Crippen LogP contribution in [-0.2, 0) is 0 Å². The van der Waals surface area contributed by atoms with Crippen molar-refractivity contribution in [3.8, 4) is 23.3 Å². The van der Waals surface area contributed by atoms with E-state index in [1.807, 2.05) is 25.1 Å². The Balaban J connectivity index is 1.85. The number of nitrogens with zero attached hydrogens (tertiary/aromatic N) is 1. The van der Waals surface area contributed by atoms with Gasteiger partial charge in [0.2, 0.25) is 0 Å². The van der Waals surface area contributed by atoms with Crippen molar-refractivity contribution in [1.29, 1.82) is 5.26 Å². The number of hydrogen-bond donors (Lipinski definition) is 0. The Morgan fingerprint density at radius 1 is 0.900 bits per heavy atom. The molecule has 0 atom stereocenters. The van der Waals surface area contributed by atoms with Crippen LogP contribution in [0.2, 0.25) is 0 Å². The van der Waals surface area contributed by atoms with Gasteiger partial charge in [0.15, 0.2) is 11.5 Å². The molecule has 3 aromatic rings. The molecule has 0 aromatic heterocycles. The maximum atomic E-state index is 12.4. The largest absolute Gasteiger partial charge is 0.493 e. The van der Waals surface area contributed by atoms with Gasteiger partial charge in [-0.1, -0.05) is 29.8 Å². The first kappa shape index (κ1) is 20.7. The molecule has 0 amide bonds. The summed E-state index contributed by atoms with van der Waals surface area (Å²) in [6.07, 6.45) is 1.73. The Bertz CT molecular complexity index is 1120. The number of ether oxygens (including phenoxy) is 3. The number of allylic oxidation sites excluding steroid dienone is 1. The zero-order chi connectivity index (χ0) is 21.5. The van der Waals surface area contributed by atoms with Crippen LogP contribution in [0.15, 0.2) is 66.7 Å². The van der Waals surface area contributed by atoms with Crippen molar-refractivity contribution in [3.63, 3.8) is 0 Å². The number of esters is 1. The van der Waals surface area contributed by atoms with Crippen molar-refractivity contribution in [1.82, 2.24) is 0 Å². The lowest BCUT2D eigenvalue weighted by molar-refractivity contribution is 0.0735. The molecule has 3 aromatic carbocycles. The number of benzene rings is 3. The number of carbonyl (C=O) groups is 1. The third-order valence-electron chi connectivity index (χ3n) is 4.48. The molecule has 30 heavy (non-hydrogen) atoms. The maximum absolute atomic E-state index is 12.4. The van der Waals surface area contributed by atoms with Gasteiger partial charge >= 0.3 is 5.97 Å². The fraction of sp³-hybridized carbons (Fsp3) is 0.120. The quantitative estimate of drug-likeness (QED) is 0.244. The van der Waals surface area contributed by atoms with Crippen molar-refractivity contribution in [3.05, 3.63) is 89.0 Å². The highest BCUT2D eigenvalue weighted by molar-refractivity contribution is 5.92. The van der Waals surface area contributed by atoms with E-state index >= 15 is 0 Å². The van der Waals surface area contributed by atoms with Crippen LogP contribution >= 0.6 is 0 Å². The average molecular weight is 399 g/mol. The first-order chi connectivity index (χ1) is 14.5.